The van der Waals surface area contributed by atoms with Crippen LogP contribution in [-0.2, 0) is 9.47 Å². The number of rotatable bonds is 2. The Morgan fingerprint density at radius 2 is 2.00 bits per heavy atom. The number of nitrogens with zero attached hydrogens (tertiary/aromatic N) is 3. The van der Waals surface area contributed by atoms with Crippen LogP contribution in [0.25, 0.3) is 0 Å². The van der Waals surface area contributed by atoms with Gasteiger partial charge in [0, 0.05) is 26.2 Å². The van der Waals surface area contributed by atoms with Crippen LogP contribution in [-0.4, -0.2) is 93.0 Å². The second-order valence-electron chi connectivity index (χ2n) is 7.28. The molecule has 3 heterocycles. The van der Waals surface area contributed by atoms with Crippen molar-refractivity contribution in [2.45, 2.75) is 24.9 Å². The molecule has 0 aromatic carbocycles. The van der Waals surface area contributed by atoms with Crippen LogP contribution in [0.1, 0.15) is 19.3 Å². The Bertz CT molecular complexity index is 398. The fraction of sp³-hybridized carbons (Fsp3) is 0.938. The summed E-state index contributed by atoms with van der Waals surface area (Å²) in [7, 11) is 4.19. The molecule has 0 aliphatic carbocycles. The van der Waals surface area contributed by atoms with Crippen molar-refractivity contribution in [3.63, 3.8) is 0 Å². The quantitative estimate of drug-likeness (QED) is 0.759. The molecule has 0 radical (unpaired) electrons. The fourth-order valence-electron chi connectivity index (χ4n) is 3.96. The normalized spacial score (nSPS) is 33.0. The standard InChI is InChI=1S/C16H29N3O3/c1-17(2)10-14-9-16(22-11-14)12-19(7-8-21-13-16)15(20)18-5-3-4-6-18/h14H,3-13H2,1-2H3. The van der Waals surface area contributed by atoms with E-state index < -0.39 is 0 Å². The molecule has 0 N–H and O–H groups in total. The Kier molecular flexibility index (Phi) is 4.90. The minimum atomic E-state index is -0.299. The number of carbonyl (C=O) groups excluding carboxylic acids is 1. The Hall–Kier alpha value is -0.850. The molecular formula is C16H29N3O3. The van der Waals surface area contributed by atoms with Crippen LogP contribution in [0.3, 0.4) is 0 Å². The van der Waals surface area contributed by atoms with Crippen molar-refractivity contribution >= 4 is 6.03 Å². The zero-order chi connectivity index (χ0) is 15.6. The summed E-state index contributed by atoms with van der Waals surface area (Å²) in [6.07, 6.45) is 3.24. The van der Waals surface area contributed by atoms with Gasteiger partial charge in [0.25, 0.3) is 0 Å². The lowest BCUT2D eigenvalue weighted by molar-refractivity contribution is -0.0537. The molecule has 2 atom stereocenters. The largest absolute Gasteiger partial charge is 0.377 e. The number of ether oxygens (including phenoxy) is 2. The maximum Gasteiger partial charge on any atom is 0.320 e. The highest BCUT2D eigenvalue weighted by molar-refractivity contribution is 5.74. The van der Waals surface area contributed by atoms with Gasteiger partial charge in [-0.25, -0.2) is 4.79 Å². The second-order valence-corrected chi connectivity index (χ2v) is 7.28. The zero-order valence-corrected chi connectivity index (χ0v) is 13.9. The van der Waals surface area contributed by atoms with E-state index in [2.05, 4.69) is 19.0 Å². The van der Waals surface area contributed by atoms with Gasteiger partial charge in [0.1, 0.15) is 5.60 Å². The minimum absolute atomic E-state index is 0.169. The molecule has 6 nitrogen and oxygen atoms in total. The van der Waals surface area contributed by atoms with E-state index in [4.69, 9.17) is 9.47 Å². The molecule has 3 fully saturated rings. The van der Waals surface area contributed by atoms with E-state index in [1.807, 2.05) is 9.80 Å². The van der Waals surface area contributed by atoms with Crippen LogP contribution in [0.15, 0.2) is 0 Å². The number of hydrogen-bond donors (Lipinski definition) is 0. The summed E-state index contributed by atoms with van der Waals surface area (Å²) in [5.74, 6) is 0.528. The lowest BCUT2D eigenvalue weighted by Gasteiger charge is -2.33. The van der Waals surface area contributed by atoms with Crippen molar-refractivity contribution in [1.82, 2.24) is 14.7 Å². The van der Waals surface area contributed by atoms with Crippen molar-refractivity contribution in [2.24, 2.45) is 5.92 Å². The lowest BCUT2D eigenvalue weighted by atomic mass is 9.94. The third kappa shape index (κ3) is 3.55. The number of hydrogen-bond acceptors (Lipinski definition) is 4. The monoisotopic (exact) mass is 311 g/mol. The molecule has 0 aromatic heterocycles. The van der Waals surface area contributed by atoms with Crippen molar-refractivity contribution in [3.05, 3.63) is 0 Å². The average molecular weight is 311 g/mol. The van der Waals surface area contributed by atoms with Gasteiger partial charge in [0.15, 0.2) is 0 Å². The zero-order valence-electron chi connectivity index (χ0n) is 13.9. The van der Waals surface area contributed by atoms with Crippen LogP contribution in [0.2, 0.25) is 0 Å². The predicted octanol–water partition coefficient (Wildman–Crippen LogP) is 0.871. The number of likely N-dealkylation sites (tertiary alicyclic amines) is 1. The fourth-order valence-corrected chi connectivity index (χ4v) is 3.96. The number of carbonyl (C=O) groups is 1. The van der Waals surface area contributed by atoms with Gasteiger partial charge < -0.3 is 24.2 Å². The van der Waals surface area contributed by atoms with Crippen molar-refractivity contribution in [1.29, 1.82) is 0 Å². The van der Waals surface area contributed by atoms with Crippen molar-refractivity contribution in [2.75, 3.05) is 66.6 Å². The Labute approximate surface area is 133 Å². The number of urea groups is 1. The molecule has 0 bridgehead atoms. The van der Waals surface area contributed by atoms with Gasteiger partial charge in [0.2, 0.25) is 0 Å². The summed E-state index contributed by atoms with van der Waals surface area (Å²) in [6.45, 7) is 6.17. The molecule has 126 valence electrons. The highest BCUT2D eigenvalue weighted by atomic mass is 16.5. The molecule has 3 aliphatic heterocycles. The SMILES string of the molecule is CN(C)CC1COC2(COCCN(C(=O)N3CCCC3)C2)C1. The van der Waals surface area contributed by atoms with Crippen LogP contribution in [0, 0.1) is 5.92 Å². The molecular weight excluding hydrogens is 282 g/mol. The van der Waals surface area contributed by atoms with E-state index in [0.29, 0.717) is 32.2 Å². The van der Waals surface area contributed by atoms with Crippen molar-refractivity contribution in [3.8, 4) is 0 Å². The molecule has 2 unspecified atom stereocenters. The first-order valence-electron chi connectivity index (χ1n) is 8.48. The van der Waals surface area contributed by atoms with Gasteiger partial charge in [-0.05, 0) is 39.3 Å². The Morgan fingerprint density at radius 3 is 2.73 bits per heavy atom. The molecule has 0 aromatic rings. The van der Waals surface area contributed by atoms with Crippen molar-refractivity contribution < 1.29 is 14.3 Å². The topological polar surface area (TPSA) is 45.3 Å². The maximum absolute atomic E-state index is 12.7. The summed E-state index contributed by atoms with van der Waals surface area (Å²) in [4.78, 5) is 18.8. The summed E-state index contributed by atoms with van der Waals surface area (Å²) in [6, 6.07) is 0.169. The third-order valence-electron chi connectivity index (χ3n) is 4.91. The Balaban J connectivity index is 1.64. The first-order chi connectivity index (χ1) is 10.6. The minimum Gasteiger partial charge on any atom is -0.377 e. The third-order valence-corrected chi connectivity index (χ3v) is 4.91. The molecule has 3 saturated heterocycles. The molecule has 22 heavy (non-hydrogen) atoms. The van der Waals surface area contributed by atoms with Gasteiger partial charge in [-0.1, -0.05) is 0 Å². The van der Waals surface area contributed by atoms with E-state index >= 15 is 0 Å². The van der Waals surface area contributed by atoms with Crippen LogP contribution < -0.4 is 0 Å². The van der Waals surface area contributed by atoms with E-state index in [1.54, 1.807) is 0 Å². The molecule has 6 heteroatoms. The first-order valence-corrected chi connectivity index (χ1v) is 8.48. The summed E-state index contributed by atoms with van der Waals surface area (Å²) >= 11 is 0. The summed E-state index contributed by atoms with van der Waals surface area (Å²) < 4.78 is 11.9. The van der Waals surface area contributed by atoms with Crippen LogP contribution in [0.5, 0.6) is 0 Å². The van der Waals surface area contributed by atoms with Gasteiger partial charge in [-0.15, -0.1) is 0 Å². The number of amides is 2. The van der Waals surface area contributed by atoms with Gasteiger partial charge in [-0.3, -0.25) is 0 Å². The Morgan fingerprint density at radius 1 is 1.23 bits per heavy atom. The van der Waals surface area contributed by atoms with Crippen LogP contribution in [0.4, 0.5) is 4.79 Å². The molecule has 0 saturated carbocycles. The van der Waals surface area contributed by atoms with E-state index in [-0.39, 0.29) is 11.6 Å². The van der Waals surface area contributed by atoms with Gasteiger partial charge >= 0.3 is 6.03 Å². The van der Waals surface area contributed by atoms with E-state index in [1.165, 1.54) is 0 Å². The highest BCUT2D eigenvalue weighted by Gasteiger charge is 2.44. The van der Waals surface area contributed by atoms with Gasteiger partial charge in [0.05, 0.1) is 26.4 Å². The first kappa shape index (κ1) is 16.0. The molecule has 2 amide bonds. The maximum atomic E-state index is 12.7. The molecule has 3 aliphatic rings. The average Bonchev–Trinajstić information content (AvgIpc) is 3.07. The summed E-state index contributed by atoms with van der Waals surface area (Å²) in [5, 5.41) is 0. The smallest absolute Gasteiger partial charge is 0.320 e. The van der Waals surface area contributed by atoms with Gasteiger partial charge in [-0.2, -0.15) is 0 Å². The highest BCUT2D eigenvalue weighted by Crippen LogP contribution is 2.33. The van der Waals surface area contributed by atoms with E-state index in [9.17, 15) is 4.79 Å². The molecule has 3 rings (SSSR count). The second kappa shape index (κ2) is 6.72. The van der Waals surface area contributed by atoms with E-state index in [0.717, 1.165) is 45.5 Å². The predicted molar refractivity (Wildman–Crippen MR) is 83.9 cm³/mol. The molecule has 1 spiro atoms. The lowest BCUT2D eigenvalue weighted by Crippen LogP contribution is -2.50. The summed E-state index contributed by atoms with van der Waals surface area (Å²) in [5.41, 5.74) is -0.299. The van der Waals surface area contributed by atoms with Crippen LogP contribution >= 0.6 is 0 Å².